The minimum absolute atomic E-state index is 0.121. The molecule has 0 spiro atoms. The number of hydrogen-bond acceptors (Lipinski definition) is 5. The number of esters is 1. The van der Waals surface area contributed by atoms with Crippen molar-refractivity contribution in [3.8, 4) is 11.5 Å². The van der Waals surface area contributed by atoms with Crippen molar-refractivity contribution in [3.05, 3.63) is 59.7 Å². The second-order valence-electron chi connectivity index (χ2n) is 5.35. The highest BCUT2D eigenvalue weighted by Gasteiger charge is 2.19. The van der Waals surface area contributed by atoms with Gasteiger partial charge in [-0.15, -0.1) is 0 Å². The van der Waals surface area contributed by atoms with Crippen molar-refractivity contribution in [2.24, 2.45) is 0 Å². The SMILES string of the molecule is COc1ccc(NC(=O)COC(=O)C2=Cc3ccccc3OC2)cc1. The van der Waals surface area contributed by atoms with Gasteiger partial charge < -0.3 is 19.5 Å². The maximum atomic E-state index is 12.1. The van der Waals surface area contributed by atoms with Gasteiger partial charge in [0.15, 0.2) is 6.61 Å². The van der Waals surface area contributed by atoms with Gasteiger partial charge in [-0.2, -0.15) is 0 Å². The van der Waals surface area contributed by atoms with E-state index in [1.54, 1.807) is 37.5 Å². The number of ether oxygens (including phenoxy) is 3. The van der Waals surface area contributed by atoms with Crippen molar-refractivity contribution in [1.82, 2.24) is 0 Å². The Kier molecular flexibility index (Phi) is 4.99. The predicted octanol–water partition coefficient (Wildman–Crippen LogP) is 2.65. The lowest BCUT2D eigenvalue weighted by Gasteiger charge is -2.16. The quantitative estimate of drug-likeness (QED) is 0.848. The first-order valence-corrected chi connectivity index (χ1v) is 7.69. The first-order valence-electron chi connectivity index (χ1n) is 7.69. The summed E-state index contributed by atoms with van der Waals surface area (Å²) in [5.74, 6) is 0.417. The summed E-state index contributed by atoms with van der Waals surface area (Å²) in [5.41, 5.74) is 1.77. The van der Waals surface area contributed by atoms with E-state index in [1.165, 1.54) is 0 Å². The van der Waals surface area contributed by atoms with Gasteiger partial charge in [0.2, 0.25) is 0 Å². The number of anilines is 1. The number of para-hydroxylation sites is 1. The van der Waals surface area contributed by atoms with Crippen molar-refractivity contribution in [2.75, 3.05) is 25.6 Å². The van der Waals surface area contributed by atoms with Crippen LogP contribution < -0.4 is 14.8 Å². The first kappa shape index (κ1) is 16.6. The number of hydrogen-bond donors (Lipinski definition) is 1. The predicted molar refractivity (Wildman–Crippen MR) is 92.5 cm³/mol. The van der Waals surface area contributed by atoms with E-state index in [2.05, 4.69) is 5.32 Å². The summed E-state index contributed by atoms with van der Waals surface area (Å²) in [7, 11) is 1.56. The molecule has 0 saturated carbocycles. The van der Waals surface area contributed by atoms with Gasteiger partial charge in [0.1, 0.15) is 18.1 Å². The summed E-state index contributed by atoms with van der Waals surface area (Å²) < 4.78 is 15.6. The van der Waals surface area contributed by atoms with Gasteiger partial charge in [-0.25, -0.2) is 4.79 Å². The zero-order chi connectivity index (χ0) is 17.6. The van der Waals surface area contributed by atoms with Crippen molar-refractivity contribution in [2.45, 2.75) is 0 Å². The minimum atomic E-state index is -0.570. The van der Waals surface area contributed by atoms with Crippen LogP contribution in [0.5, 0.6) is 11.5 Å². The molecule has 1 N–H and O–H groups in total. The van der Waals surface area contributed by atoms with E-state index in [4.69, 9.17) is 14.2 Å². The van der Waals surface area contributed by atoms with Crippen LogP contribution in [0.4, 0.5) is 5.69 Å². The average Bonchev–Trinajstić information content (AvgIpc) is 2.66. The van der Waals surface area contributed by atoms with E-state index in [9.17, 15) is 9.59 Å². The van der Waals surface area contributed by atoms with Crippen LogP contribution >= 0.6 is 0 Å². The third-order valence-corrected chi connectivity index (χ3v) is 3.60. The minimum Gasteiger partial charge on any atom is -0.497 e. The topological polar surface area (TPSA) is 73.9 Å². The van der Waals surface area contributed by atoms with Gasteiger partial charge in [-0.05, 0) is 36.4 Å². The molecule has 6 heteroatoms. The van der Waals surface area contributed by atoms with Gasteiger partial charge >= 0.3 is 5.97 Å². The van der Waals surface area contributed by atoms with Crippen molar-refractivity contribution in [1.29, 1.82) is 0 Å². The second kappa shape index (κ2) is 7.53. The highest BCUT2D eigenvalue weighted by Crippen LogP contribution is 2.26. The van der Waals surface area contributed by atoms with Gasteiger partial charge in [0, 0.05) is 11.3 Å². The molecule has 3 rings (SSSR count). The molecule has 0 fully saturated rings. The van der Waals surface area contributed by atoms with Gasteiger partial charge in [-0.1, -0.05) is 18.2 Å². The summed E-state index contributed by atoms with van der Waals surface area (Å²) in [6.07, 6.45) is 1.71. The van der Waals surface area contributed by atoms with Crippen molar-refractivity contribution < 1.29 is 23.8 Å². The molecule has 0 radical (unpaired) electrons. The number of benzene rings is 2. The van der Waals surface area contributed by atoms with E-state index in [-0.39, 0.29) is 13.2 Å². The van der Waals surface area contributed by atoms with Crippen LogP contribution in [0.1, 0.15) is 5.56 Å². The fourth-order valence-electron chi connectivity index (χ4n) is 2.33. The summed E-state index contributed by atoms with van der Waals surface area (Å²) in [6, 6.07) is 14.2. The van der Waals surface area contributed by atoms with E-state index in [0.29, 0.717) is 17.0 Å². The molecule has 6 nitrogen and oxygen atoms in total. The Labute approximate surface area is 145 Å². The fourth-order valence-corrected chi connectivity index (χ4v) is 2.33. The van der Waals surface area contributed by atoms with E-state index >= 15 is 0 Å². The van der Waals surface area contributed by atoms with Gasteiger partial charge in [-0.3, -0.25) is 4.79 Å². The standard InChI is InChI=1S/C19H17NO5/c1-23-16-8-6-15(7-9-16)20-18(21)12-25-19(22)14-10-13-4-2-3-5-17(13)24-11-14/h2-10H,11-12H2,1H3,(H,20,21). The zero-order valence-electron chi connectivity index (χ0n) is 13.7. The summed E-state index contributed by atoms with van der Waals surface area (Å²) in [5, 5.41) is 2.64. The Hall–Kier alpha value is -3.28. The molecular weight excluding hydrogens is 322 g/mol. The smallest absolute Gasteiger partial charge is 0.338 e. The lowest BCUT2D eigenvalue weighted by molar-refractivity contribution is -0.143. The molecule has 2 aromatic rings. The molecule has 0 bridgehead atoms. The molecule has 128 valence electrons. The fraction of sp³-hybridized carbons (Fsp3) is 0.158. The Morgan fingerprint density at radius 1 is 1.12 bits per heavy atom. The van der Waals surface area contributed by atoms with Crippen LogP contribution in [0.25, 0.3) is 6.08 Å². The summed E-state index contributed by atoms with van der Waals surface area (Å²) >= 11 is 0. The molecule has 1 heterocycles. The molecule has 0 unspecified atom stereocenters. The lowest BCUT2D eigenvalue weighted by Crippen LogP contribution is -2.23. The normalized spacial score (nSPS) is 12.3. The van der Waals surface area contributed by atoms with E-state index in [1.807, 2.05) is 24.3 Å². The molecule has 0 aliphatic carbocycles. The highest BCUT2D eigenvalue weighted by molar-refractivity contribution is 5.98. The largest absolute Gasteiger partial charge is 0.497 e. The average molecular weight is 339 g/mol. The molecule has 25 heavy (non-hydrogen) atoms. The van der Waals surface area contributed by atoms with E-state index < -0.39 is 11.9 Å². The third-order valence-electron chi connectivity index (χ3n) is 3.60. The van der Waals surface area contributed by atoms with Crippen molar-refractivity contribution in [3.63, 3.8) is 0 Å². The molecule has 1 aliphatic heterocycles. The monoisotopic (exact) mass is 339 g/mol. The molecule has 0 saturated heterocycles. The van der Waals surface area contributed by atoms with Crippen LogP contribution in [0.2, 0.25) is 0 Å². The summed E-state index contributed by atoms with van der Waals surface area (Å²) in [6.45, 7) is -0.250. The maximum absolute atomic E-state index is 12.1. The Balaban J connectivity index is 1.53. The molecule has 1 aliphatic rings. The Bertz CT molecular complexity index is 811. The molecule has 2 aromatic carbocycles. The van der Waals surface area contributed by atoms with Gasteiger partial charge in [0.25, 0.3) is 5.91 Å². The Morgan fingerprint density at radius 2 is 1.88 bits per heavy atom. The third kappa shape index (κ3) is 4.17. The second-order valence-corrected chi connectivity index (χ2v) is 5.35. The number of methoxy groups -OCH3 is 1. The molecule has 0 atom stereocenters. The zero-order valence-corrected chi connectivity index (χ0v) is 13.7. The number of carbonyl (C=O) groups excluding carboxylic acids is 2. The maximum Gasteiger partial charge on any atom is 0.338 e. The van der Waals surface area contributed by atoms with Crippen LogP contribution in [-0.4, -0.2) is 32.2 Å². The number of fused-ring (bicyclic) bond motifs is 1. The first-order chi connectivity index (χ1) is 12.2. The highest BCUT2D eigenvalue weighted by atomic mass is 16.5. The number of rotatable bonds is 5. The van der Waals surface area contributed by atoms with E-state index in [0.717, 1.165) is 11.3 Å². The molecule has 1 amide bonds. The van der Waals surface area contributed by atoms with Crippen LogP contribution in [0.15, 0.2) is 54.1 Å². The Morgan fingerprint density at radius 3 is 2.64 bits per heavy atom. The molecular formula is C19H17NO5. The number of nitrogens with one attached hydrogen (secondary N) is 1. The number of carbonyl (C=O) groups is 2. The van der Waals surface area contributed by atoms with Crippen LogP contribution in [0, 0.1) is 0 Å². The van der Waals surface area contributed by atoms with Crippen LogP contribution in [0.3, 0.4) is 0 Å². The molecule has 0 aromatic heterocycles. The summed E-state index contributed by atoms with van der Waals surface area (Å²) in [4.78, 5) is 24.0. The lowest BCUT2D eigenvalue weighted by atomic mass is 10.1. The van der Waals surface area contributed by atoms with Gasteiger partial charge in [0.05, 0.1) is 12.7 Å². The van der Waals surface area contributed by atoms with Crippen molar-refractivity contribution >= 4 is 23.6 Å². The van der Waals surface area contributed by atoms with Crippen LogP contribution in [-0.2, 0) is 14.3 Å². The number of amides is 1.